The Hall–Kier alpha value is -3.36. The number of nitrogens with one attached hydrogen (secondary N) is 3. The monoisotopic (exact) mass is 514 g/mol. The number of amides is 2. The van der Waals surface area contributed by atoms with Crippen LogP contribution >= 0.6 is 23.2 Å². The van der Waals surface area contributed by atoms with Crippen molar-refractivity contribution >= 4 is 52.5 Å². The van der Waals surface area contributed by atoms with Gasteiger partial charge in [-0.1, -0.05) is 37.0 Å². The number of carbonyl (C=O) groups is 1. The average Bonchev–Trinajstić information content (AvgIpc) is 2.76. The van der Waals surface area contributed by atoms with Crippen molar-refractivity contribution in [3.8, 4) is 5.75 Å². The molecule has 3 aromatic rings. The predicted octanol–water partition coefficient (Wildman–Crippen LogP) is 6.75. The van der Waals surface area contributed by atoms with Crippen LogP contribution in [0.2, 0.25) is 10.0 Å². The molecule has 0 aliphatic heterocycles. The zero-order valence-corrected chi connectivity index (χ0v) is 21.5. The summed E-state index contributed by atoms with van der Waals surface area (Å²) in [5.41, 5.74) is 2.69. The summed E-state index contributed by atoms with van der Waals surface area (Å²) in [5.74, 6) is 1.69. The average molecular weight is 515 g/mol. The number of hydrogen-bond acceptors (Lipinski definition) is 5. The lowest BCUT2D eigenvalue weighted by molar-refractivity contribution is 0.256. The van der Waals surface area contributed by atoms with Gasteiger partial charge in [-0.3, -0.25) is 5.32 Å². The first-order valence-corrected chi connectivity index (χ1v) is 11.9. The normalized spacial score (nSPS) is 11.3. The number of hydrogen-bond donors (Lipinski definition) is 3. The number of carbonyl (C=O) groups excluding carboxylic acids is 1. The molecule has 35 heavy (non-hydrogen) atoms. The van der Waals surface area contributed by atoms with Crippen molar-refractivity contribution in [2.24, 2.45) is 10.9 Å². The topological polar surface area (TPSA) is 101 Å². The first kappa shape index (κ1) is 26.2. The third kappa shape index (κ3) is 8.73. The molecule has 1 aromatic heterocycles. The molecule has 0 saturated carbocycles. The number of ether oxygens (including phenoxy) is 1. The van der Waals surface area contributed by atoms with Crippen LogP contribution in [0.5, 0.6) is 5.75 Å². The van der Waals surface area contributed by atoms with Crippen LogP contribution in [0.1, 0.15) is 31.7 Å². The molecule has 0 aliphatic carbocycles. The van der Waals surface area contributed by atoms with Gasteiger partial charge in [0.1, 0.15) is 5.75 Å². The number of halogens is 2. The highest BCUT2D eigenvalue weighted by atomic mass is 35.5. The molecule has 2 amide bonds. The lowest BCUT2D eigenvalue weighted by Gasteiger charge is -2.13. The van der Waals surface area contributed by atoms with Crippen LogP contribution in [0, 0.1) is 19.8 Å². The van der Waals surface area contributed by atoms with Gasteiger partial charge in [-0.2, -0.15) is 4.99 Å². The van der Waals surface area contributed by atoms with E-state index < -0.39 is 6.03 Å². The van der Waals surface area contributed by atoms with E-state index in [4.69, 9.17) is 27.9 Å². The van der Waals surface area contributed by atoms with Crippen molar-refractivity contribution in [1.82, 2.24) is 15.3 Å². The summed E-state index contributed by atoms with van der Waals surface area (Å²) in [4.78, 5) is 25.7. The van der Waals surface area contributed by atoms with Crippen LogP contribution in [-0.2, 0) is 0 Å². The molecule has 8 nitrogen and oxygen atoms in total. The van der Waals surface area contributed by atoms with E-state index in [0.717, 1.165) is 23.6 Å². The van der Waals surface area contributed by atoms with Gasteiger partial charge in [-0.05, 0) is 74.7 Å². The molecule has 1 heterocycles. The number of aryl methyl sites for hydroxylation is 2. The highest BCUT2D eigenvalue weighted by molar-refractivity contribution is 6.42. The third-order valence-corrected chi connectivity index (χ3v) is 5.41. The van der Waals surface area contributed by atoms with Crippen LogP contribution in [-0.4, -0.2) is 28.6 Å². The van der Waals surface area contributed by atoms with Crippen molar-refractivity contribution in [3.05, 3.63) is 70.0 Å². The van der Waals surface area contributed by atoms with E-state index in [9.17, 15) is 4.79 Å². The molecule has 0 spiro atoms. The van der Waals surface area contributed by atoms with Crippen molar-refractivity contribution in [2.75, 3.05) is 17.2 Å². The molecular formula is C25H28Cl2N6O2. The smallest absolute Gasteiger partial charge is 0.326 e. The number of rotatable bonds is 7. The van der Waals surface area contributed by atoms with E-state index >= 15 is 0 Å². The van der Waals surface area contributed by atoms with Crippen LogP contribution in [0.15, 0.2) is 53.5 Å². The van der Waals surface area contributed by atoms with E-state index in [1.807, 2.05) is 44.2 Å². The van der Waals surface area contributed by atoms with Gasteiger partial charge in [0.05, 0.1) is 16.7 Å². The maximum absolute atomic E-state index is 12.7. The summed E-state index contributed by atoms with van der Waals surface area (Å²) < 4.78 is 5.77. The van der Waals surface area contributed by atoms with Crippen LogP contribution in [0.3, 0.4) is 0 Å². The van der Waals surface area contributed by atoms with Gasteiger partial charge in [-0.15, -0.1) is 0 Å². The molecule has 0 atom stereocenters. The molecule has 184 valence electrons. The number of anilines is 2. The minimum Gasteiger partial charge on any atom is -0.494 e. The summed E-state index contributed by atoms with van der Waals surface area (Å²) in [6.07, 6.45) is 0.977. The van der Waals surface area contributed by atoms with E-state index in [1.165, 1.54) is 0 Å². The van der Waals surface area contributed by atoms with Crippen molar-refractivity contribution in [2.45, 2.75) is 34.1 Å². The first-order chi connectivity index (χ1) is 16.7. The van der Waals surface area contributed by atoms with Crippen molar-refractivity contribution < 1.29 is 9.53 Å². The van der Waals surface area contributed by atoms with Crippen molar-refractivity contribution in [1.29, 1.82) is 0 Å². The van der Waals surface area contributed by atoms with Gasteiger partial charge in [0, 0.05) is 22.8 Å². The van der Waals surface area contributed by atoms with Crippen LogP contribution in [0.4, 0.5) is 22.1 Å². The highest BCUT2D eigenvalue weighted by Crippen LogP contribution is 2.25. The number of aromatic nitrogens is 2. The number of nitrogens with zero attached hydrogens (tertiary/aromatic N) is 3. The SMILES string of the molecule is Cc1cc(C)nc(/N=C(/NC(=O)Nc2ccc(Cl)c(Cl)c2)Nc2ccc(OCCC(C)C)cc2)n1. The van der Waals surface area contributed by atoms with E-state index in [0.29, 0.717) is 33.9 Å². The fourth-order valence-corrected chi connectivity index (χ4v) is 3.27. The second kappa shape index (κ2) is 12.4. The molecule has 0 unspecified atom stereocenters. The van der Waals surface area contributed by atoms with E-state index in [-0.39, 0.29) is 11.9 Å². The van der Waals surface area contributed by atoms with Gasteiger partial charge >= 0.3 is 6.03 Å². The minimum absolute atomic E-state index is 0.140. The van der Waals surface area contributed by atoms with Gasteiger partial charge in [0.25, 0.3) is 5.95 Å². The van der Waals surface area contributed by atoms with Crippen LogP contribution in [0.25, 0.3) is 0 Å². The summed E-state index contributed by atoms with van der Waals surface area (Å²) in [6, 6.07) is 13.5. The largest absolute Gasteiger partial charge is 0.494 e. The van der Waals surface area contributed by atoms with Crippen LogP contribution < -0.4 is 20.7 Å². The Bertz CT molecular complexity index is 1180. The predicted molar refractivity (Wildman–Crippen MR) is 142 cm³/mol. The second-order valence-corrected chi connectivity index (χ2v) is 9.11. The number of benzene rings is 2. The number of aliphatic imine (C=N–C) groups is 1. The number of guanidine groups is 1. The Balaban J connectivity index is 1.76. The molecule has 0 radical (unpaired) electrons. The van der Waals surface area contributed by atoms with Gasteiger partial charge < -0.3 is 15.4 Å². The zero-order valence-electron chi connectivity index (χ0n) is 20.0. The Morgan fingerprint density at radius 1 is 0.943 bits per heavy atom. The van der Waals surface area contributed by atoms with Gasteiger partial charge in [-0.25, -0.2) is 14.8 Å². The molecule has 0 aliphatic rings. The molecule has 2 aromatic carbocycles. The fraction of sp³-hybridized carbons (Fsp3) is 0.280. The lowest BCUT2D eigenvalue weighted by Crippen LogP contribution is -2.38. The van der Waals surface area contributed by atoms with Crippen molar-refractivity contribution in [3.63, 3.8) is 0 Å². The summed E-state index contributed by atoms with van der Waals surface area (Å²) in [7, 11) is 0. The number of urea groups is 1. The quantitative estimate of drug-likeness (QED) is 0.239. The summed E-state index contributed by atoms with van der Waals surface area (Å²) in [5, 5.41) is 9.22. The first-order valence-electron chi connectivity index (χ1n) is 11.1. The molecular weight excluding hydrogens is 487 g/mol. The molecule has 3 N–H and O–H groups in total. The summed E-state index contributed by atoms with van der Waals surface area (Å²) >= 11 is 12.0. The standard InChI is InChI=1S/C25H28Cl2N6O2/c1-15(2)11-12-35-20-8-5-18(6-9-20)30-24(32-23-28-16(3)13-17(4)29-23)33-25(34)31-19-7-10-21(26)22(27)14-19/h5-10,13-15H,11-12H2,1-4H3,(H3,28,29,30,31,32,33,34). The molecule has 0 bridgehead atoms. The fourth-order valence-electron chi connectivity index (χ4n) is 2.97. The van der Waals surface area contributed by atoms with E-state index in [2.05, 4.69) is 44.8 Å². The third-order valence-electron chi connectivity index (χ3n) is 4.67. The Labute approximate surface area is 215 Å². The molecule has 0 fully saturated rings. The minimum atomic E-state index is -0.535. The Morgan fingerprint density at radius 3 is 2.23 bits per heavy atom. The lowest BCUT2D eigenvalue weighted by atomic mass is 10.1. The second-order valence-electron chi connectivity index (χ2n) is 8.30. The molecule has 3 rings (SSSR count). The molecule has 10 heteroatoms. The van der Waals surface area contributed by atoms with E-state index in [1.54, 1.807) is 18.2 Å². The Kier molecular flexibility index (Phi) is 9.28. The maximum atomic E-state index is 12.7. The maximum Gasteiger partial charge on any atom is 0.326 e. The highest BCUT2D eigenvalue weighted by Gasteiger charge is 2.10. The zero-order chi connectivity index (χ0) is 25.4. The van der Waals surface area contributed by atoms with Gasteiger partial charge in [0.2, 0.25) is 5.96 Å². The summed E-state index contributed by atoms with van der Waals surface area (Å²) in [6.45, 7) is 8.66. The van der Waals surface area contributed by atoms with Gasteiger partial charge in [0.15, 0.2) is 0 Å². The molecule has 0 saturated heterocycles. The Morgan fingerprint density at radius 2 is 1.60 bits per heavy atom.